The molecule has 0 fully saturated rings. The number of hydrogen-bond donors (Lipinski definition) is 1. The molecule has 0 amide bonds. The first kappa shape index (κ1) is 19.9. The number of nitrogens with zero attached hydrogens (tertiary/aromatic N) is 3. The van der Waals surface area contributed by atoms with Gasteiger partial charge in [-0.25, -0.2) is 4.98 Å². The van der Waals surface area contributed by atoms with Crippen LogP contribution in [0.2, 0.25) is 0 Å². The molecular weight excluding hydrogens is 389 g/mol. The lowest BCUT2D eigenvalue weighted by atomic mass is 10.1. The minimum Gasteiger partial charge on any atom is -0.484 e. The molecule has 7 nitrogen and oxygen atoms in total. The Labute approximate surface area is 162 Å². The fraction of sp³-hybridized carbons (Fsp3) is 0.158. The van der Waals surface area contributed by atoms with Crippen molar-refractivity contribution in [1.82, 2.24) is 4.98 Å². The van der Waals surface area contributed by atoms with E-state index in [4.69, 9.17) is 0 Å². The maximum atomic E-state index is 12.2. The largest absolute Gasteiger partial charge is 0.484 e. The van der Waals surface area contributed by atoms with E-state index in [-0.39, 0.29) is 17.0 Å². The highest BCUT2D eigenvalue weighted by molar-refractivity contribution is 5.88. The first-order valence-corrected chi connectivity index (χ1v) is 8.27. The molecule has 0 aliphatic carbocycles. The number of non-ortho nitro benzene ring substituents is 1. The van der Waals surface area contributed by atoms with E-state index in [0.29, 0.717) is 23.3 Å². The predicted octanol–water partition coefficient (Wildman–Crippen LogP) is 4.57. The monoisotopic (exact) mass is 402 g/mol. The third-order valence-electron chi connectivity index (χ3n) is 3.92. The van der Waals surface area contributed by atoms with Gasteiger partial charge in [-0.05, 0) is 29.8 Å². The summed E-state index contributed by atoms with van der Waals surface area (Å²) >= 11 is 0. The molecule has 1 heterocycles. The SMILES string of the molecule is N#Cc1cc(NCc2ccc(OCC(F)(F)F)cc2)nc2ccc([N+](=O)[O-])cc12. The summed E-state index contributed by atoms with van der Waals surface area (Å²) in [6, 6.07) is 13.6. The van der Waals surface area contributed by atoms with Crippen LogP contribution in [0.4, 0.5) is 24.7 Å². The molecule has 0 saturated carbocycles. The van der Waals surface area contributed by atoms with Crippen molar-refractivity contribution in [2.24, 2.45) is 0 Å². The van der Waals surface area contributed by atoms with Gasteiger partial charge < -0.3 is 10.1 Å². The van der Waals surface area contributed by atoms with Gasteiger partial charge in [-0.15, -0.1) is 0 Å². The minimum absolute atomic E-state index is 0.100. The number of nitro groups is 1. The summed E-state index contributed by atoms with van der Waals surface area (Å²) in [7, 11) is 0. The number of pyridine rings is 1. The molecule has 0 saturated heterocycles. The number of aromatic nitrogens is 1. The number of benzene rings is 2. The Morgan fingerprint density at radius 1 is 1.17 bits per heavy atom. The highest BCUT2D eigenvalue weighted by Crippen LogP contribution is 2.25. The zero-order chi connectivity index (χ0) is 21.0. The summed E-state index contributed by atoms with van der Waals surface area (Å²) in [4.78, 5) is 14.7. The number of fused-ring (bicyclic) bond motifs is 1. The van der Waals surface area contributed by atoms with E-state index in [1.54, 1.807) is 12.1 Å². The maximum Gasteiger partial charge on any atom is 0.422 e. The van der Waals surface area contributed by atoms with Gasteiger partial charge >= 0.3 is 6.18 Å². The van der Waals surface area contributed by atoms with Crippen LogP contribution in [-0.2, 0) is 6.54 Å². The lowest BCUT2D eigenvalue weighted by Gasteiger charge is -2.11. The lowest BCUT2D eigenvalue weighted by Crippen LogP contribution is -2.19. The first-order chi connectivity index (χ1) is 13.7. The van der Waals surface area contributed by atoms with Gasteiger partial charge in [-0.2, -0.15) is 18.4 Å². The minimum atomic E-state index is -4.40. The van der Waals surface area contributed by atoms with Crippen molar-refractivity contribution < 1.29 is 22.8 Å². The van der Waals surface area contributed by atoms with Gasteiger partial charge in [-0.1, -0.05) is 12.1 Å². The van der Waals surface area contributed by atoms with Crippen LogP contribution in [0.3, 0.4) is 0 Å². The summed E-state index contributed by atoms with van der Waals surface area (Å²) in [5, 5.41) is 23.7. The Bertz CT molecular complexity index is 1090. The fourth-order valence-electron chi connectivity index (χ4n) is 2.57. The maximum absolute atomic E-state index is 12.2. The van der Waals surface area contributed by atoms with Gasteiger partial charge in [0, 0.05) is 24.1 Å². The Balaban J connectivity index is 1.73. The summed E-state index contributed by atoms with van der Waals surface area (Å²) in [5.41, 5.74) is 1.28. The second-order valence-corrected chi connectivity index (χ2v) is 6.03. The molecule has 3 rings (SSSR count). The van der Waals surface area contributed by atoms with E-state index >= 15 is 0 Å². The average Bonchev–Trinajstić information content (AvgIpc) is 2.69. The van der Waals surface area contributed by atoms with Crippen LogP contribution < -0.4 is 10.1 Å². The Morgan fingerprint density at radius 3 is 2.52 bits per heavy atom. The van der Waals surface area contributed by atoms with Crippen molar-refractivity contribution in [3.05, 3.63) is 69.8 Å². The van der Waals surface area contributed by atoms with Crippen LogP contribution in [0.25, 0.3) is 10.9 Å². The smallest absolute Gasteiger partial charge is 0.422 e. The number of rotatable bonds is 6. The summed E-state index contributed by atoms with van der Waals surface area (Å²) < 4.78 is 41.1. The van der Waals surface area contributed by atoms with E-state index in [2.05, 4.69) is 15.0 Å². The van der Waals surface area contributed by atoms with Crippen molar-refractivity contribution in [3.8, 4) is 11.8 Å². The van der Waals surface area contributed by atoms with Crippen LogP contribution in [0, 0.1) is 21.4 Å². The number of nitriles is 1. The highest BCUT2D eigenvalue weighted by atomic mass is 19.4. The van der Waals surface area contributed by atoms with Crippen molar-refractivity contribution in [3.63, 3.8) is 0 Å². The molecule has 0 unspecified atom stereocenters. The fourth-order valence-corrected chi connectivity index (χ4v) is 2.57. The molecule has 0 aliphatic heterocycles. The van der Waals surface area contributed by atoms with Gasteiger partial charge in [0.15, 0.2) is 6.61 Å². The number of nitro benzene ring substituents is 1. The van der Waals surface area contributed by atoms with Crippen LogP contribution >= 0.6 is 0 Å². The first-order valence-electron chi connectivity index (χ1n) is 8.27. The number of alkyl halides is 3. The molecule has 3 aromatic rings. The van der Waals surface area contributed by atoms with Gasteiger partial charge in [0.25, 0.3) is 5.69 Å². The third kappa shape index (κ3) is 5.10. The number of halogens is 3. The molecule has 0 bridgehead atoms. The summed E-state index contributed by atoms with van der Waals surface area (Å²) in [6.45, 7) is -1.06. The van der Waals surface area contributed by atoms with E-state index < -0.39 is 17.7 Å². The molecule has 148 valence electrons. The van der Waals surface area contributed by atoms with Crippen molar-refractivity contribution in [2.45, 2.75) is 12.7 Å². The van der Waals surface area contributed by atoms with E-state index in [1.807, 2.05) is 6.07 Å². The molecular formula is C19H13F3N4O3. The van der Waals surface area contributed by atoms with Gasteiger partial charge in [0.1, 0.15) is 11.6 Å². The van der Waals surface area contributed by atoms with Crippen LogP contribution in [-0.4, -0.2) is 22.7 Å². The summed E-state index contributed by atoms with van der Waals surface area (Å²) in [6.07, 6.45) is -4.40. The second-order valence-electron chi connectivity index (χ2n) is 6.03. The van der Waals surface area contributed by atoms with Crippen LogP contribution in [0.1, 0.15) is 11.1 Å². The predicted molar refractivity (Wildman–Crippen MR) is 98.4 cm³/mol. The van der Waals surface area contributed by atoms with Crippen LogP contribution in [0.5, 0.6) is 5.75 Å². The van der Waals surface area contributed by atoms with Crippen molar-refractivity contribution in [1.29, 1.82) is 5.26 Å². The molecule has 2 aromatic carbocycles. The average molecular weight is 402 g/mol. The van der Waals surface area contributed by atoms with Gasteiger partial charge in [-0.3, -0.25) is 10.1 Å². The highest BCUT2D eigenvalue weighted by Gasteiger charge is 2.28. The molecule has 1 aromatic heterocycles. The zero-order valence-electron chi connectivity index (χ0n) is 14.7. The molecule has 0 radical (unpaired) electrons. The van der Waals surface area contributed by atoms with Crippen LogP contribution in [0.15, 0.2) is 48.5 Å². The quantitative estimate of drug-likeness (QED) is 0.479. The molecule has 0 atom stereocenters. The standard InChI is InChI=1S/C19H13F3N4O3/c20-19(21,22)11-29-15-4-1-12(2-5-15)10-24-18-7-13(9-23)16-8-14(26(27)28)3-6-17(16)25-18/h1-8H,10-11H2,(H,24,25). The molecule has 0 aliphatic rings. The van der Waals surface area contributed by atoms with Gasteiger partial charge in [0.2, 0.25) is 0 Å². The number of nitrogens with one attached hydrogen (secondary N) is 1. The third-order valence-corrected chi connectivity index (χ3v) is 3.92. The van der Waals surface area contributed by atoms with E-state index in [1.165, 1.54) is 36.4 Å². The van der Waals surface area contributed by atoms with Crippen molar-refractivity contribution >= 4 is 22.4 Å². The topological polar surface area (TPSA) is 101 Å². The normalized spacial score (nSPS) is 11.1. The Morgan fingerprint density at radius 2 is 1.90 bits per heavy atom. The second kappa shape index (κ2) is 8.02. The Kier molecular flexibility index (Phi) is 5.50. The lowest BCUT2D eigenvalue weighted by molar-refractivity contribution is -0.384. The summed E-state index contributed by atoms with van der Waals surface area (Å²) in [5.74, 6) is 0.489. The number of hydrogen-bond acceptors (Lipinski definition) is 6. The molecule has 29 heavy (non-hydrogen) atoms. The molecule has 1 N–H and O–H groups in total. The van der Waals surface area contributed by atoms with E-state index in [9.17, 15) is 28.5 Å². The number of anilines is 1. The molecule has 0 spiro atoms. The number of ether oxygens (including phenoxy) is 1. The van der Waals surface area contributed by atoms with Crippen molar-refractivity contribution in [2.75, 3.05) is 11.9 Å². The zero-order valence-corrected chi connectivity index (χ0v) is 14.7. The van der Waals surface area contributed by atoms with E-state index in [0.717, 1.165) is 5.56 Å². The van der Waals surface area contributed by atoms with Gasteiger partial charge in [0.05, 0.1) is 22.1 Å². The Hall–Kier alpha value is -3.87. The molecule has 10 heteroatoms.